The van der Waals surface area contributed by atoms with Crippen molar-refractivity contribution in [2.75, 3.05) is 0 Å². The predicted molar refractivity (Wildman–Crippen MR) is 47.8 cm³/mol. The van der Waals surface area contributed by atoms with Crippen LogP contribution in [0.25, 0.3) is 0 Å². The van der Waals surface area contributed by atoms with Crippen LogP contribution in [0.15, 0.2) is 24.3 Å². The normalized spacial score (nSPS) is 18.3. The fourth-order valence-corrected chi connectivity index (χ4v) is 2.59. The summed E-state index contributed by atoms with van der Waals surface area (Å²) < 4.78 is 10.3. The van der Waals surface area contributed by atoms with Crippen molar-refractivity contribution >= 4 is 28.9 Å². The first-order chi connectivity index (χ1) is 5.17. The Labute approximate surface area is 74.0 Å². The fraction of sp³-hybridized carbons (Fsp3) is 0. The summed E-state index contributed by atoms with van der Waals surface area (Å²) in [6, 6.07) is 7.26. The van der Waals surface area contributed by atoms with Gasteiger partial charge in [0.25, 0.3) is 0 Å². The molecular formula is C6H4ClO2PS. The fourth-order valence-electron chi connectivity index (χ4n) is 0.855. The highest BCUT2D eigenvalue weighted by Crippen LogP contribution is 2.61. The lowest BCUT2D eigenvalue weighted by Gasteiger charge is -2.01. The van der Waals surface area contributed by atoms with Crippen LogP contribution in [0.3, 0.4) is 0 Å². The lowest BCUT2D eigenvalue weighted by molar-refractivity contribution is 0.591. The molecule has 0 radical (unpaired) electrons. The molecule has 0 bridgehead atoms. The van der Waals surface area contributed by atoms with Crippen molar-refractivity contribution in [3.05, 3.63) is 24.3 Å². The molecule has 0 spiro atoms. The van der Waals surface area contributed by atoms with Gasteiger partial charge >= 0.3 is 5.84 Å². The first-order valence-electron chi connectivity index (χ1n) is 2.95. The van der Waals surface area contributed by atoms with Crippen molar-refractivity contribution < 1.29 is 9.05 Å². The number of hydrogen-bond acceptors (Lipinski definition) is 3. The Hall–Kier alpha value is -0.240. The molecular weight excluding hydrogens is 203 g/mol. The molecule has 58 valence electrons. The molecule has 2 nitrogen and oxygen atoms in total. The molecule has 0 aromatic heterocycles. The van der Waals surface area contributed by atoms with E-state index in [0.29, 0.717) is 11.5 Å². The minimum Gasteiger partial charge on any atom is -0.421 e. The van der Waals surface area contributed by atoms with Gasteiger partial charge in [-0.2, -0.15) is 0 Å². The molecule has 0 atom stereocenters. The maximum atomic E-state index is 5.71. The summed E-state index contributed by atoms with van der Waals surface area (Å²) in [5.41, 5.74) is 0. The zero-order chi connectivity index (χ0) is 7.90. The third-order valence-electron chi connectivity index (χ3n) is 1.26. The molecule has 1 heterocycles. The number of para-hydroxylation sites is 2. The van der Waals surface area contributed by atoms with E-state index < -0.39 is 5.84 Å². The summed E-state index contributed by atoms with van der Waals surface area (Å²) in [5.74, 6) is -1.23. The number of halogens is 1. The molecule has 0 saturated carbocycles. The SMILES string of the molecule is S=P1(Cl)Oc2ccccc2O1. The zero-order valence-electron chi connectivity index (χ0n) is 5.36. The third-order valence-corrected chi connectivity index (χ3v) is 2.95. The summed E-state index contributed by atoms with van der Waals surface area (Å²) in [4.78, 5) is 0. The molecule has 0 unspecified atom stereocenters. The first kappa shape index (κ1) is 7.41. The molecule has 0 fully saturated rings. The van der Waals surface area contributed by atoms with Crippen LogP contribution in [0.5, 0.6) is 11.5 Å². The van der Waals surface area contributed by atoms with Crippen LogP contribution in [0.2, 0.25) is 0 Å². The molecule has 1 aromatic carbocycles. The number of fused-ring (bicyclic) bond motifs is 1. The molecule has 5 heteroatoms. The molecule has 1 aliphatic heterocycles. The monoisotopic (exact) mass is 206 g/mol. The lowest BCUT2D eigenvalue weighted by Crippen LogP contribution is -1.79. The van der Waals surface area contributed by atoms with Crippen molar-refractivity contribution in [1.82, 2.24) is 0 Å². The molecule has 0 N–H and O–H groups in total. The van der Waals surface area contributed by atoms with Crippen LogP contribution in [0.1, 0.15) is 0 Å². The van der Waals surface area contributed by atoms with Gasteiger partial charge in [0, 0.05) is 11.8 Å². The van der Waals surface area contributed by atoms with Gasteiger partial charge in [0.05, 0.1) is 0 Å². The van der Waals surface area contributed by atoms with Gasteiger partial charge in [0.15, 0.2) is 11.5 Å². The average molecular weight is 207 g/mol. The third kappa shape index (κ3) is 1.36. The average Bonchev–Trinajstić information content (AvgIpc) is 2.21. The van der Waals surface area contributed by atoms with Gasteiger partial charge in [-0.25, -0.2) is 0 Å². The predicted octanol–water partition coefficient (Wildman–Crippen LogP) is 2.92. The lowest BCUT2D eigenvalue weighted by atomic mass is 10.3. The van der Waals surface area contributed by atoms with Crippen molar-refractivity contribution in [3.63, 3.8) is 0 Å². The Morgan fingerprint density at radius 3 is 2.09 bits per heavy atom. The van der Waals surface area contributed by atoms with E-state index in [1.54, 1.807) is 12.1 Å². The molecule has 1 aliphatic rings. The van der Waals surface area contributed by atoms with Gasteiger partial charge in [0.2, 0.25) is 0 Å². The van der Waals surface area contributed by atoms with Crippen molar-refractivity contribution in [1.29, 1.82) is 0 Å². The molecule has 0 saturated heterocycles. The Balaban J connectivity index is 2.49. The van der Waals surface area contributed by atoms with Gasteiger partial charge in [-0.3, -0.25) is 0 Å². The Kier molecular flexibility index (Phi) is 1.60. The molecule has 11 heavy (non-hydrogen) atoms. The molecule has 2 rings (SSSR count). The van der Waals surface area contributed by atoms with E-state index in [9.17, 15) is 0 Å². The summed E-state index contributed by atoms with van der Waals surface area (Å²) >= 11 is 10.6. The van der Waals surface area contributed by atoms with Gasteiger partial charge in [-0.15, -0.1) is 0 Å². The molecule has 1 aromatic rings. The van der Waals surface area contributed by atoms with Crippen molar-refractivity contribution in [3.8, 4) is 11.5 Å². The van der Waals surface area contributed by atoms with Crippen molar-refractivity contribution in [2.45, 2.75) is 0 Å². The van der Waals surface area contributed by atoms with Crippen LogP contribution in [0, 0.1) is 0 Å². The number of rotatable bonds is 0. The van der Waals surface area contributed by atoms with E-state index in [1.165, 1.54) is 0 Å². The second kappa shape index (κ2) is 2.37. The van der Waals surface area contributed by atoms with E-state index in [1.807, 2.05) is 12.1 Å². The summed E-state index contributed by atoms with van der Waals surface area (Å²) in [5, 5.41) is 0. The van der Waals surface area contributed by atoms with E-state index >= 15 is 0 Å². The topological polar surface area (TPSA) is 18.5 Å². The highest BCUT2D eigenvalue weighted by Gasteiger charge is 2.28. The van der Waals surface area contributed by atoms with Crippen LogP contribution in [-0.4, -0.2) is 0 Å². The van der Waals surface area contributed by atoms with Gasteiger partial charge in [-0.1, -0.05) is 12.1 Å². The summed E-state index contributed by atoms with van der Waals surface area (Å²) in [6.45, 7) is 0. The number of benzene rings is 1. The molecule has 0 aliphatic carbocycles. The standard InChI is InChI=1S/C6H4ClO2PS/c7-10(11)8-5-3-1-2-4-6(5)9-10/h1-4H. The van der Waals surface area contributed by atoms with Crippen LogP contribution in [-0.2, 0) is 11.8 Å². The Morgan fingerprint density at radius 1 is 1.18 bits per heavy atom. The van der Waals surface area contributed by atoms with E-state index in [0.717, 1.165) is 0 Å². The second-order valence-electron chi connectivity index (χ2n) is 2.06. The van der Waals surface area contributed by atoms with E-state index in [4.69, 9.17) is 32.1 Å². The maximum absolute atomic E-state index is 5.71. The minimum atomic E-state index is -2.52. The Bertz CT molecular complexity index is 312. The van der Waals surface area contributed by atoms with Gasteiger partial charge < -0.3 is 9.05 Å². The second-order valence-corrected chi connectivity index (χ2v) is 6.67. The quantitative estimate of drug-likeness (QED) is 0.608. The van der Waals surface area contributed by atoms with Gasteiger partial charge in [0.1, 0.15) is 0 Å². The smallest absolute Gasteiger partial charge is 0.384 e. The van der Waals surface area contributed by atoms with Crippen LogP contribution in [0.4, 0.5) is 0 Å². The highest BCUT2D eigenvalue weighted by molar-refractivity contribution is 8.22. The number of hydrogen-bond donors (Lipinski definition) is 0. The zero-order valence-corrected chi connectivity index (χ0v) is 7.83. The maximum Gasteiger partial charge on any atom is 0.384 e. The van der Waals surface area contributed by atoms with E-state index in [2.05, 4.69) is 0 Å². The summed E-state index contributed by atoms with van der Waals surface area (Å²) in [7, 11) is 0. The Morgan fingerprint density at radius 2 is 1.64 bits per heavy atom. The van der Waals surface area contributed by atoms with E-state index in [-0.39, 0.29) is 0 Å². The van der Waals surface area contributed by atoms with Crippen LogP contribution < -0.4 is 9.05 Å². The molecule has 0 amide bonds. The highest BCUT2D eigenvalue weighted by atomic mass is 35.7. The first-order valence-corrected chi connectivity index (χ1v) is 6.50. The largest absolute Gasteiger partial charge is 0.421 e. The van der Waals surface area contributed by atoms with Crippen LogP contribution >= 0.6 is 17.1 Å². The van der Waals surface area contributed by atoms with Crippen molar-refractivity contribution in [2.24, 2.45) is 0 Å². The summed E-state index contributed by atoms with van der Waals surface area (Å²) in [6.07, 6.45) is 0. The van der Waals surface area contributed by atoms with Gasteiger partial charge in [-0.05, 0) is 23.4 Å². The minimum absolute atomic E-state index is 0.644.